The van der Waals surface area contributed by atoms with Crippen LogP contribution in [0.25, 0.3) is 0 Å². The zero-order valence-corrected chi connectivity index (χ0v) is 8.22. The summed E-state index contributed by atoms with van der Waals surface area (Å²) in [6.07, 6.45) is 0.104. The number of methoxy groups -OCH3 is 1. The molecule has 1 aromatic rings. The molecule has 0 bridgehead atoms. The number of carbonyl (C=O) groups is 1. The van der Waals surface area contributed by atoms with Crippen LogP contribution in [0.5, 0.6) is 0 Å². The number of hydrogen-bond acceptors (Lipinski definition) is 3. The van der Waals surface area contributed by atoms with E-state index in [-0.39, 0.29) is 18.7 Å². The second kappa shape index (κ2) is 5.29. The van der Waals surface area contributed by atoms with Crippen molar-refractivity contribution >= 4 is 11.7 Å². The number of esters is 1. The molecule has 1 rings (SSSR count). The van der Waals surface area contributed by atoms with Gasteiger partial charge in [0.05, 0.1) is 19.2 Å². The predicted octanol–water partition coefficient (Wildman–Crippen LogP) is 1.94. The first-order valence-corrected chi connectivity index (χ1v) is 4.40. The van der Waals surface area contributed by atoms with Crippen LogP contribution in [0.3, 0.4) is 0 Å². The van der Waals surface area contributed by atoms with Gasteiger partial charge in [-0.3, -0.25) is 4.79 Å². The molecule has 0 atom stereocenters. The van der Waals surface area contributed by atoms with E-state index in [9.17, 15) is 13.6 Å². The Bertz CT molecular complexity index is 355. The first-order chi connectivity index (χ1) is 7.15. The normalized spacial score (nSPS) is 9.80. The van der Waals surface area contributed by atoms with Gasteiger partial charge in [0.15, 0.2) is 11.6 Å². The van der Waals surface area contributed by atoms with Crippen molar-refractivity contribution in [2.24, 2.45) is 0 Å². The van der Waals surface area contributed by atoms with E-state index in [0.717, 1.165) is 6.07 Å². The number of ether oxygens (including phenoxy) is 1. The molecule has 0 aliphatic carbocycles. The van der Waals surface area contributed by atoms with Gasteiger partial charge in [-0.15, -0.1) is 0 Å². The van der Waals surface area contributed by atoms with Crippen molar-refractivity contribution in [1.82, 2.24) is 0 Å². The monoisotopic (exact) mass is 215 g/mol. The largest absolute Gasteiger partial charge is 0.469 e. The lowest BCUT2D eigenvalue weighted by Gasteiger charge is -2.06. The smallest absolute Gasteiger partial charge is 0.307 e. The molecule has 0 heterocycles. The number of halogens is 2. The maximum absolute atomic E-state index is 13.1. The van der Waals surface area contributed by atoms with Gasteiger partial charge in [0.2, 0.25) is 0 Å². The molecule has 0 aromatic heterocycles. The topological polar surface area (TPSA) is 38.3 Å². The molecule has 0 saturated carbocycles. The van der Waals surface area contributed by atoms with Crippen LogP contribution in [0.1, 0.15) is 6.42 Å². The maximum atomic E-state index is 13.1. The summed E-state index contributed by atoms with van der Waals surface area (Å²) in [5, 5.41) is 2.60. The molecule has 15 heavy (non-hydrogen) atoms. The molecule has 1 aromatic carbocycles. The molecule has 1 N–H and O–H groups in total. The third kappa shape index (κ3) is 3.19. The summed E-state index contributed by atoms with van der Waals surface area (Å²) >= 11 is 0. The average molecular weight is 215 g/mol. The first kappa shape index (κ1) is 11.4. The summed E-state index contributed by atoms with van der Waals surface area (Å²) in [6, 6.07) is 3.81. The van der Waals surface area contributed by atoms with Crippen molar-refractivity contribution in [3.8, 4) is 0 Å². The fourth-order valence-corrected chi connectivity index (χ4v) is 1.04. The molecule has 3 nitrogen and oxygen atoms in total. The van der Waals surface area contributed by atoms with Gasteiger partial charge in [0, 0.05) is 6.54 Å². The minimum atomic E-state index is -0.942. The van der Waals surface area contributed by atoms with Crippen molar-refractivity contribution in [2.75, 3.05) is 19.0 Å². The fraction of sp³-hybridized carbons (Fsp3) is 0.300. The van der Waals surface area contributed by atoms with E-state index in [0.29, 0.717) is 0 Å². The van der Waals surface area contributed by atoms with E-state index >= 15 is 0 Å². The van der Waals surface area contributed by atoms with Gasteiger partial charge < -0.3 is 10.1 Å². The molecule has 0 radical (unpaired) electrons. The molecule has 0 aliphatic heterocycles. The summed E-state index contributed by atoms with van der Waals surface area (Å²) in [7, 11) is 1.27. The van der Waals surface area contributed by atoms with Crippen LogP contribution in [0, 0.1) is 11.6 Å². The van der Waals surface area contributed by atoms with E-state index in [1.165, 1.54) is 19.2 Å². The van der Waals surface area contributed by atoms with E-state index in [1.807, 2.05) is 0 Å². The van der Waals surface area contributed by atoms with Crippen molar-refractivity contribution in [1.29, 1.82) is 0 Å². The molecule has 0 amide bonds. The van der Waals surface area contributed by atoms with Crippen molar-refractivity contribution in [3.05, 3.63) is 29.8 Å². The van der Waals surface area contributed by atoms with E-state index < -0.39 is 17.6 Å². The van der Waals surface area contributed by atoms with Gasteiger partial charge in [-0.2, -0.15) is 0 Å². The Kier molecular flexibility index (Phi) is 4.03. The van der Waals surface area contributed by atoms with E-state index in [1.54, 1.807) is 0 Å². The summed E-state index contributed by atoms with van der Waals surface area (Å²) in [5.41, 5.74) is 0.0407. The van der Waals surface area contributed by atoms with Crippen LogP contribution in [-0.2, 0) is 9.53 Å². The summed E-state index contributed by atoms with van der Waals surface area (Å²) in [4.78, 5) is 10.7. The van der Waals surface area contributed by atoms with Gasteiger partial charge in [0.25, 0.3) is 0 Å². The lowest BCUT2D eigenvalue weighted by molar-refractivity contribution is -0.140. The second-order valence-corrected chi connectivity index (χ2v) is 2.85. The number of hydrogen-bond donors (Lipinski definition) is 1. The molecule has 0 spiro atoms. The fourth-order valence-electron chi connectivity index (χ4n) is 1.04. The molecule has 0 fully saturated rings. The highest BCUT2D eigenvalue weighted by Crippen LogP contribution is 2.16. The van der Waals surface area contributed by atoms with Crippen LogP contribution < -0.4 is 5.32 Å². The number of rotatable bonds is 4. The zero-order valence-electron chi connectivity index (χ0n) is 8.22. The zero-order chi connectivity index (χ0) is 11.3. The average Bonchev–Trinajstić information content (AvgIpc) is 2.24. The third-order valence-electron chi connectivity index (χ3n) is 1.82. The first-order valence-electron chi connectivity index (χ1n) is 4.40. The summed E-state index contributed by atoms with van der Waals surface area (Å²) in [5.74, 6) is -2.26. The van der Waals surface area contributed by atoms with Gasteiger partial charge in [0.1, 0.15) is 0 Å². The lowest BCUT2D eigenvalue weighted by atomic mass is 10.3. The Morgan fingerprint density at radius 3 is 2.87 bits per heavy atom. The summed E-state index contributed by atoms with van der Waals surface area (Å²) < 4.78 is 30.2. The van der Waals surface area contributed by atoms with Crippen LogP contribution in [0.15, 0.2) is 18.2 Å². The number of carbonyl (C=O) groups excluding carboxylic acids is 1. The number of anilines is 1. The SMILES string of the molecule is COC(=O)CCNc1cccc(F)c1F. The molecule has 0 unspecified atom stereocenters. The van der Waals surface area contributed by atoms with Crippen LogP contribution >= 0.6 is 0 Å². The number of nitrogens with one attached hydrogen (secondary N) is 1. The molecule has 0 aliphatic rings. The molecule has 82 valence electrons. The second-order valence-electron chi connectivity index (χ2n) is 2.85. The van der Waals surface area contributed by atoms with Gasteiger partial charge >= 0.3 is 5.97 Å². The summed E-state index contributed by atoms with van der Waals surface area (Å²) in [6.45, 7) is 0.201. The third-order valence-corrected chi connectivity index (χ3v) is 1.82. The highest BCUT2D eigenvalue weighted by Gasteiger charge is 2.07. The van der Waals surface area contributed by atoms with Crippen molar-refractivity contribution in [2.45, 2.75) is 6.42 Å². The molecular weight excluding hydrogens is 204 g/mol. The standard InChI is InChI=1S/C10H11F2NO2/c1-15-9(14)5-6-13-8-4-2-3-7(11)10(8)12/h2-4,13H,5-6H2,1H3. The van der Waals surface area contributed by atoms with Gasteiger partial charge in [-0.1, -0.05) is 6.07 Å². The highest BCUT2D eigenvalue weighted by molar-refractivity contribution is 5.69. The Morgan fingerprint density at radius 1 is 1.47 bits per heavy atom. The van der Waals surface area contributed by atoms with Crippen molar-refractivity contribution in [3.63, 3.8) is 0 Å². The van der Waals surface area contributed by atoms with Crippen LogP contribution in [-0.4, -0.2) is 19.6 Å². The van der Waals surface area contributed by atoms with E-state index in [4.69, 9.17) is 0 Å². The van der Waals surface area contributed by atoms with Gasteiger partial charge in [-0.05, 0) is 12.1 Å². The minimum Gasteiger partial charge on any atom is -0.469 e. The van der Waals surface area contributed by atoms with Crippen molar-refractivity contribution < 1.29 is 18.3 Å². The minimum absolute atomic E-state index is 0.0407. The van der Waals surface area contributed by atoms with Gasteiger partial charge in [-0.25, -0.2) is 8.78 Å². The molecule has 5 heteroatoms. The maximum Gasteiger partial charge on any atom is 0.307 e. The Morgan fingerprint density at radius 2 is 2.20 bits per heavy atom. The van der Waals surface area contributed by atoms with E-state index in [2.05, 4.69) is 10.1 Å². The molecule has 0 saturated heterocycles. The Labute approximate surface area is 86.0 Å². The Balaban J connectivity index is 2.51. The highest BCUT2D eigenvalue weighted by atomic mass is 19.2. The molecular formula is C10H11F2NO2. The lowest BCUT2D eigenvalue weighted by Crippen LogP contribution is -2.10. The predicted molar refractivity (Wildman–Crippen MR) is 51.5 cm³/mol. The number of benzene rings is 1. The Hall–Kier alpha value is -1.65. The quantitative estimate of drug-likeness (QED) is 0.780. The van der Waals surface area contributed by atoms with Crippen LogP contribution in [0.4, 0.5) is 14.5 Å². The van der Waals surface area contributed by atoms with Crippen LogP contribution in [0.2, 0.25) is 0 Å².